The Kier molecular flexibility index (Phi) is 5.68. The number of fused-ring (bicyclic) bond motifs is 1. The van der Waals surface area contributed by atoms with Gasteiger partial charge in [-0.25, -0.2) is 13.8 Å². The fraction of sp³-hybridized carbons (Fsp3) is 0.0952. The van der Waals surface area contributed by atoms with Gasteiger partial charge in [0, 0.05) is 19.0 Å². The van der Waals surface area contributed by atoms with Crippen LogP contribution in [-0.4, -0.2) is 31.0 Å². The van der Waals surface area contributed by atoms with Crippen LogP contribution in [0.25, 0.3) is 16.6 Å². The van der Waals surface area contributed by atoms with E-state index in [2.05, 4.69) is 25.3 Å². The first kappa shape index (κ1) is 22.0. The van der Waals surface area contributed by atoms with Gasteiger partial charge in [-0.15, -0.1) is 0 Å². The summed E-state index contributed by atoms with van der Waals surface area (Å²) in [5.74, 6) is -1.67. The number of nitriles is 2. The number of nitrogen functional groups attached to an aromatic ring is 2. The molecule has 0 aliphatic heterocycles. The van der Waals surface area contributed by atoms with Crippen molar-refractivity contribution in [1.82, 2.24) is 24.5 Å². The molecule has 3 aromatic heterocycles. The van der Waals surface area contributed by atoms with Crippen LogP contribution in [0.5, 0.6) is 0 Å². The first-order valence-corrected chi connectivity index (χ1v) is 9.66. The Morgan fingerprint density at radius 2 is 1.88 bits per heavy atom. The summed E-state index contributed by atoms with van der Waals surface area (Å²) in [5.41, 5.74) is 10.1. The van der Waals surface area contributed by atoms with Crippen LogP contribution in [0.15, 0.2) is 35.4 Å². The van der Waals surface area contributed by atoms with Crippen molar-refractivity contribution in [2.75, 3.05) is 23.3 Å². The lowest BCUT2D eigenvalue weighted by atomic mass is 10.1. The maximum absolute atomic E-state index is 14.5. The van der Waals surface area contributed by atoms with Gasteiger partial charge in [-0.1, -0.05) is 0 Å². The number of pyridine rings is 1. The molecule has 5 N–H and O–H groups in total. The minimum atomic E-state index is -0.798. The highest BCUT2D eigenvalue weighted by Crippen LogP contribution is 2.21. The number of rotatable bonds is 5. The molecule has 13 heteroatoms. The Morgan fingerprint density at radius 3 is 2.59 bits per heavy atom. The zero-order valence-electron chi connectivity index (χ0n) is 17.3. The lowest BCUT2D eigenvalue weighted by Gasteiger charge is -2.15. The highest BCUT2D eigenvalue weighted by Gasteiger charge is 2.19. The highest BCUT2D eigenvalue weighted by molar-refractivity contribution is 5.84. The van der Waals surface area contributed by atoms with Crippen molar-refractivity contribution in [1.29, 1.82) is 10.5 Å². The number of aromatic nitrogens is 5. The van der Waals surface area contributed by atoms with Crippen LogP contribution in [0, 0.1) is 34.3 Å². The summed E-state index contributed by atoms with van der Waals surface area (Å²) < 4.78 is 29.5. The largest absolute Gasteiger partial charge is 0.382 e. The number of nitrogens with one attached hydrogen (secondary N) is 1. The number of benzene rings is 1. The summed E-state index contributed by atoms with van der Waals surface area (Å²) in [5, 5.41) is 21.3. The molecule has 0 aliphatic carbocycles. The molecule has 0 saturated carbocycles. The third kappa shape index (κ3) is 3.89. The van der Waals surface area contributed by atoms with Crippen LogP contribution in [0.3, 0.4) is 0 Å². The van der Waals surface area contributed by atoms with Gasteiger partial charge in [-0.05, 0) is 12.1 Å². The third-order valence-corrected chi connectivity index (χ3v) is 4.82. The van der Waals surface area contributed by atoms with E-state index in [9.17, 15) is 24.1 Å². The molecule has 0 saturated heterocycles. The summed E-state index contributed by atoms with van der Waals surface area (Å²) in [6.45, 7) is 0.0465. The average molecular weight is 460 g/mol. The Labute approximate surface area is 190 Å². The Bertz CT molecular complexity index is 1590. The monoisotopic (exact) mass is 460 g/mol. The van der Waals surface area contributed by atoms with Crippen LogP contribution < -0.4 is 22.3 Å². The maximum Gasteiger partial charge on any atom is 0.267 e. The fourth-order valence-electron chi connectivity index (χ4n) is 3.38. The molecule has 0 radical (unpaired) electrons. The van der Waals surface area contributed by atoms with Gasteiger partial charge in [0.2, 0.25) is 5.95 Å². The first-order chi connectivity index (χ1) is 16.3. The van der Waals surface area contributed by atoms with Crippen LogP contribution in [0.1, 0.15) is 17.0 Å². The molecule has 4 rings (SSSR count). The van der Waals surface area contributed by atoms with Crippen molar-refractivity contribution in [2.24, 2.45) is 0 Å². The Balaban J connectivity index is 1.83. The van der Waals surface area contributed by atoms with Crippen molar-refractivity contribution in [3.8, 4) is 17.8 Å². The van der Waals surface area contributed by atoms with Crippen molar-refractivity contribution in [3.63, 3.8) is 0 Å². The van der Waals surface area contributed by atoms with Crippen molar-refractivity contribution < 1.29 is 8.78 Å². The van der Waals surface area contributed by atoms with Crippen LogP contribution in [0.4, 0.5) is 26.4 Å². The molecule has 0 amide bonds. The number of nitrogens with two attached hydrogens (primary N) is 2. The Morgan fingerprint density at radius 1 is 1.09 bits per heavy atom. The summed E-state index contributed by atoms with van der Waals surface area (Å²) in [6.07, 6.45) is 2.18. The number of halogens is 2. The maximum atomic E-state index is 14.5. The number of hydrogen-bond acceptors (Lipinski definition) is 10. The van der Waals surface area contributed by atoms with E-state index in [0.29, 0.717) is 0 Å². The van der Waals surface area contributed by atoms with E-state index in [1.54, 1.807) is 0 Å². The second-order valence-corrected chi connectivity index (χ2v) is 6.94. The first-order valence-electron chi connectivity index (χ1n) is 9.66. The second kappa shape index (κ2) is 8.76. The van der Waals surface area contributed by atoms with E-state index in [4.69, 9.17) is 11.5 Å². The topological polar surface area (TPSA) is 185 Å². The quantitative estimate of drug-likeness (QED) is 0.393. The molecule has 0 unspecified atom stereocenters. The minimum absolute atomic E-state index is 0.00735. The normalized spacial score (nSPS) is 10.6. The summed E-state index contributed by atoms with van der Waals surface area (Å²) in [4.78, 5) is 29.0. The predicted molar refractivity (Wildman–Crippen MR) is 118 cm³/mol. The molecule has 11 nitrogen and oxygen atoms in total. The average Bonchev–Trinajstić information content (AvgIpc) is 2.79. The Hall–Kier alpha value is -5.17. The smallest absolute Gasteiger partial charge is 0.267 e. The number of hydrogen-bond donors (Lipinski definition) is 3. The summed E-state index contributed by atoms with van der Waals surface area (Å²) >= 11 is 0. The molecule has 168 valence electrons. The van der Waals surface area contributed by atoms with Gasteiger partial charge < -0.3 is 16.8 Å². The van der Waals surface area contributed by atoms with Crippen LogP contribution in [0.2, 0.25) is 0 Å². The molecule has 3 heterocycles. The molecule has 0 spiro atoms. The molecular formula is C21H14F2N10O. The van der Waals surface area contributed by atoms with Crippen molar-refractivity contribution in [2.45, 2.75) is 6.42 Å². The van der Waals surface area contributed by atoms with E-state index in [1.807, 2.05) is 12.1 Å². The van der Waals surface area contributed by atoms with E-state index in [-0.39, 0.29) is 64.1 Å². The van der Waals surface area contributed by atoms with E-state index >= 15 is 0 Å². The van der Waals surface area contributed by atoms with E-state index in [1.165, 1.54) is 12.3 Å². The zero-order chi connectivity index (χ0) is 24.4. The lowest BCUT2D eigenvalue weighted by molar-refractivity contribution is 0.618. The molecule has 34 heavy (non-hydrogen) atoms. The van der Waals surface area contributed by atoms with E-state index in [0.717, 1.165) is 22.9 Å². The number of anilines is 3. The molecular weight excluding hydrogens is 446 g/mol. The van der Waals surface area contributed by atoms with Crippen LogP contribution in [-0.2, 0) is 6.42 Å². The van der Waals surface area contributed by atoms with Crippen molar-refractivity contribution >= 4 is 28.5 Å². The van der Waals surface area contributed by atoms with Gasteiger partial charge in [0.1, 0.15) is 46.5 Å². The van der Waals surface area contributed by atoms with Crippen molar-refractivity contribution in [3.05, 3.63) is 69.5 Å². The van der Waals surface area contributed by atoms with Gasteiger partial charge in [0.15, 0.2) is 5.82 Å². The van der Waals surface area contributed by atoms with Crippen LogP contribution >= 0.6 is 0 Å². The molecule has 0 aliphatic rings. The SMILES string of the molecule is N#Cc1c(N)nc(N)nc1NCCc1nc2c(F)ccc(C#N)c2c(=O)n1-c1cncc(F)c1. The lowest BCUT2D eigenvalue weighted by Crippen LogP contribution is -2.26. The number of nitrogens with zero attached hydrogens (tertiary/aromatic N) is 7. The molecule has 1 aromatic carbocycles. The third-order valence-electron chi connectivity index (χ3n) is 4.82. The summed E-state index contributed by atoms with van der Waals surface area (Å²) in [6, 6.07) is 6.98. The molecule has 0 fully saturated rings. The van der Waals surface area contributed by atoms with Gasteiger partial charge >= 0.3 is 0 Å². The fourth-order valence-corrected chi connectivity index (χ4v) is 3.38. The van der Waals surface area contributed by atoms with Gasteiger partial charge in [-0.3, -0.25) is 14.3 Å². The molecule has 0 bridgehead atoms. The highest BCUT2D eigenvalue weighted by atomic mass is 19.1. The van der Waals surface area contributed by atoms with Gasteiger partial charge in [0.25, 0.3) is 5.56 Å². The van der Waals surface area contributed by atoms with Gasteiger partial charge in [0.05, 0.1) is 29.0 Å². The zero-order valence-corrected chi connectivity index (χ0v) is 17.3. The van der Waals surface area contributed by atoms with Gasteiger partial charge in [-0.2, -0.15) is 20.5 Å². The summed E-state index contributed by atoms with van der Waals surface area (Å²) in [7, 11) is 0. The standard InChI is InChI=1S/C21H14F2N10O/c22-11-5-12(9-28-8-11)33-15(3-4-29-19-13(7-25)18(26)31-21(27)32-19)30-17-14(23)2-1-10(6-24)16(17)20(33)34/h1-2,5,8-9H,3-4H2,(H5,26,27,29,31,32). The van der Waals surface area contributed by atoms with E-state index < -0.39 is 17.2 Å². The minimum Gasteiger partial charge on any atom is -0.382 e. The molecule has 0 atom stereocenters. The molecule has 4 aromatic rings. The second-order valence-electron chi connectivity index (χ2n) is 6.94. The predicted octanol–water partition coefficient (Wildman–Crippen LogP) is 1.41.